The van der Waals surface area contributed by atoms with Gasteiger partial charge in [0.05, 0.1) is 0 Å². The van der Waals surface area contributed by atoms with Crippen molar-refractivity contribution in [1.29, 1.82) is 0 Å². The summed E-state index contributed by atoms with van der Waals surface area (Å²) in [7, 11) is 0. The third kappa shape index (κ3) is 3.98. The molecule has 4 bridgehead atoms. The summed E-state index contributed by atoms with van der Waals surface area (Å²) in [4.78, 5) is 49.8. The number of allylic oxidation sites excluding steroid dienone is 1. The smallest absolute Gasteiger partial charge is 0.303 e. The average Bonchev–Trinajstić information content (AvgIpc) is 2.76. The number of Topliss-reactive ketones (excluding diaryl/α,β-unsaturated/α-hetero) is 1. The van der Waals surface area contributed by atoms with Gasteiger partial charge in [-0.15, -0.1) is 0 Å². The Morgan fingerprint density at radius 3 is 2.39 bits per heavy atom. The van der Waals surface area contributed by atoms with Crippen molar-refractivity contribution in [1.82, 2.24) is 0 Å². The van der Waals surface area contributed by atoms with E-state index in [1.54, 1.807) is 0 Å². The molecule has 4 rings (SSSR count). The van der Waals surface area contributed by atoms with Crippen LogP contribution in [0.2, 0.25) is 0 Å². The number of rotatable bonds is 2. The van der Waals surface area contributed by atoms with Crippen LogP contribution in [0.15, 0.2) is 11.6 Å². The standard InChI is InChI=1S/C25H34O6/c1-14(26)30-19-6-8-25(4)17-5-7-24(3)13-16(9-22(23(24)29)31-15(2)27)20(11-17)21(28)12-18(25)10-19/h12,16-17,19-20,22H,5-11,13H2,1-4H3/t16-,17+,19+,20-,22-,24+,25-/m1/s1. The summed E-state index contributed by atoms with van der Waals surface area (Å²) in [6.45, 7) is 7.02. The van der Waals surface area contributed by atoms with Gasteiger partial charge < -0.3 is 9.47 Å². The summed E-state index contributed by atoms with van der Waals surface area (Å²) in [5, 5.41) is 0. The first-order valence-electron chi connectivity index (χ1n) is 11.7. The first-order chi connectivity index (χ1) is 14.5. The SMILES string of the molecule is CC(=O)O[C@H]1CC[C@@]2(C)C(=CC(=O)[C@@H]3C[C@@H]2CC[C@@]2(C)C[C@H]3C[C@@H](OC(C)=O)C2=O)C1. The lowest BCUT2D eigenvalue weighted by Crippen LogP contribution is -2.50. The van der Waals surface area contributed by atoms with Gasteiger partial charge in [-0.2, -0.15) is 0 Å². The average molecular weight is 431 g/mol. The Kier molecular flexibility index (Phi) is 5.63. The van der Waals surface area contributed by atoms with E-state index in [1.807, 2.05) is 13.0 Å². The zero-order valence-electron chi connectivity index (χ0n) is 19.1. The van der Waals surface area contributed by atoms with E-state index in [-0.39, 0.29) is 40.9 Å². The predicted octanol–water partition coefficient (Wildman–Crippen LogP) is 3.95. The largest absolute Gasteiger partial charge is 0.462 e. The Morgan fingerprint density at radius 2 is 1.71 bits per heavy atom. The van der Waals surface area contributed by atoms with Crippen molar-refractivity contribution in [2.75, 3.05) is 0 Å². The molecule has 0 saturated heterocycles. The Morgan fingerprint density at radius 1 is 1.00 bits per heavy atom. The van der Waals surface area contributed by atoms with E-state index in [0.29, 0.717) is 25.2 Å². The number of ketones is 2. The molecule has 3 fully saturated rings. The number of hydrogen-bond donors (Lipinski definition) is 0. The molecule has 0 heterocycles. The maximum absolute atomic E-state index is 13.5. The van der Waals surface area contributed by atoms with E-state index in [4.69, 9.17) is 9.47 Å². The Labute approximate surface area is 184 Å². The topological polar surface area (TPSA) is 86.7 Å². The molecule has 31 heavy (non-hydrogen) atoms. The fraction of sp³-hybridized carbons (Fsp3) is 0.760. The van der Waals surface area contributed by atoms with Crippen LogP contribution < -0.4 is 0 Å². The van der Waals surface area contributed by atoms with Gasteiger partial charge in [0.1, 0.15) is 6.10 Å². The van der Waals surface area contributed by atoms with Crippen LogP contribution in [-0.2, 0) is 28.7 Å². The van der Waals surface area contributed by atoms with Crippen molar-refractivity contribution < 1.29 is 28.7 Å². The Balaban J connectivity index is 1.67. The van der Waals surface area contributed by atoms with Gasteiger partial charge in [-0.05, 0) is 68.3 Å². The van der Waals surface area contributed by atoms with Crippen LogP contribution >= 0.6 is 0 Å². The summed E-state index contributed by atoms with van der Waals surface area (Å²) in [5.41, 5.74) is 0.434. The molecule has 7 atom stereocenters. The fourth-order valence-corrected chi connectivity index (χ4v) is 6.91. The van der Waals surface area contributed by atoms with Crippen molar-refractivity contribution in [3.63, 3.8) is 0 Å². The molecular formula is C25H34O6. The highest BCUT2D eigenvalue weighted by Crippen LogP contribution is 2.57. The van der Waals surface area contributed by atoms with E-state index < -0.39 is 17.5 Å². The second-order valence-corrected chi connectivity index (χ2v) is 10.8. The first-order valence-corrected chi connectivity index (χ1v) is 11.7. The van der Waals surface area contributed by atoms with E-state index in [2.05, 4.69) is 6.92 Å². The number of ether oxygens (including phenoxy) is 2. The molecule has 3 saturated carbocycles. The summed E-state index contributed by atoms with van der Waals surface area (Å²) >= 11 is 0. The minimum atomic E-state index is -0.743. The zero-order valence-corrected chi connectivity index (χ0v) is 19.1. The zero-order chi connectivity index (χ0) is 22.6. The molecule has 0 radical (unpaired) electrons. The van der Waals surface area contributed by atoms with Gasteiger partial charge >= 0.3 is 11.9 Å². The van der Waals surface area contributed by atoms with Crippen LogP contribution in [0.5, 0.6) is 0 Å². The fourth-order valence-electron chi connectivity index (χ4n) is 6.91. The highest BCUT2D eigenvalue weighted by molar-refractivity contribution is 5.95. The molecule has 4 aliphatic carbocycles. The van der Waals surface area contributed by atoms with Gasteiger partial charge in [-0.3, -0.25) is 19.2 Å². The molecule has 170 valence electrons. The summed E-state index contributed by atoms with van der Waals surface area (Å²) in [5.74, 6) is -0.392. The lowest BCUT2D eigenvalue weighted by Gasteiger charge is -2.49. The minimum Gasteiger partial charge on any atom is -0.462 e. The lowest BCUT2D eigenvalue weighted by atomic mass is 9.55. The highest BCUT2D eigenvalue weighted by atomic mass is 16.5. The van der Waals surface area contributed by atoms with E-state index in [1.165, 1.54) is 13.8 Å². The first kappa shape index (κ1) is 22.2. The van der Waals surface area contributed by atoms with Crippen LogP contribution in [0.4, 0.5) is 0 Å². The monoisotopic (exact) mass is 430 g/mol. The van der Waals surface area contributed by atoms with Crippen molar-refractivity contribution in [2.24, 2.45) is 28.6 Å². The van der Waals surface area contributed by atoms with Crippen LogP contribution in [0.1, 0.15) is 79.1 Å². The van der Waals surface area contributed by atoms with E-state index >= 15 is 0 Å². The second kappa shape index (κ2) is 7.86. The van der Waals surface area contributed by atoms with Gasteiger partial charge in [-0.1, -0.05) is 19.4 Å². The van der Waals surface area contributed by atoms with Crippen LogP contribution in [0.3, 0.4) is 0 Å². The number of carbonyl (C=O) groups excluding carboxylic acids is 4. The van der Waals surface area contributed by atoms with Crippen LogP contribution in [0, 0.1) is 28.6 Å². The van der Waals surface area contributed by atoms with Crippen molar-refractivity contribution in [3.05, 3.63) is 11.6 Å². The van der Waals surface area contributed by atoms with Crippen LogP contribution in [-0.4, -0.2) is 35.7 Å². The lowest BCUT2D eigenvalue weighted by molar-refractivity contribution is -0.164. The second-order valence-electron chi connectivity index (χ2n) is 10.8. The maximum Gasteiger partial charge on any atom is 0.303 e. The van der Waals surface area contributed by atoms with Crippen LogP contribution in [0.25, 0.3) is 0 Å². The maximum atomic E-state index is 13.5. The number of hydrogen-bond acceptors (Lipinski definition) is 6. The predicted molar refractivity (Wildman–Crippen MR) is 113 cm³/mol. The van der Waals surface area contributed by atoms with Gasteiger partial charge in [0, 0.05) is 31.6 Å². The summed E-state index contributed by atoms with van der Waals surface area (Å²) in [6, 6.07) is 0. The van der Waals surface area contributed by atoms with Crippen molar-refractivity contribution >= 4 is 23.5 Å². The van der Waals surface area contributed by atoms with Gasteiger partial charge in [0.2, 0.25) is 0 Å². The third-order valence-corrected chi connectivity index (χ3v) is 8.66. The van der Waals surface area contributed by atoms with Gasteiger partial charge in [0.15, 0.2) is 17.7 Å². The molecule has 0 N–H and O–H groups in total. The molecule has 0 aliphatic heterocycles. The molecule has 0 aromatic rings. The molecular weight excluding hydrogens is 396 g/mol. The summed E-state index contributed by atoms with van der Waals surface area (Å²) < 4.78 is 10.9. The number of esters is 2. The normalized spacial score (nSPS) is 42.3. The number of carbonyl (C=O) groups is 4. The van der Waals surface area contributed by atoms with E-state index in [0.717, 1.165) is 37.7 Å². The highest BCUT2D eigenvalue weighted by Gasteiger charge is 2.54. The Hall–Kier alpha value is -1.98. The molecule has 0 amide bonds. The van der Waals surface area contributed by atoms with Gasteiger partial charge in [-0.25, -0.2) is 0 Å². The van der Waals surface area contributed by atoms with E-state index in [9.17, 15) is 19.2 Å². The summed E-state index contributed by atoms with van der Waals surface area (Å²) in [6.07, 6.45) is 6.78. The van der Waals surface area contributed by atoms with Crippen molar-refractivity contribution in [3.8, 4) is 0 Å². The molecule has 0 aromatic heterocycles. The third-order valence-electron chi connectivity index (χ3n) is 8.66. The van der Waals surface area contributed by atoms with Crippen molar-refractivity contribution in [2.45, 2.75) is 91.3 Å². The molecule has 0 aromatic carbocycles. The quantitative estimate of drug-likeness (QED) is 0.617. The molecule has 0 unspecified atom stereocenters. The number of fused-ring (bicyclic) bond motifs is 7. The van der Waals surface area contributed by atoms with Gasteiger partial charge in [0.25, 0.3) is 0 Å². The molecule has 4 aliphatic rings. The Bertz CT molecular complexity index is 843. The molecule has 6 nitrogen and oxygen atoms in total. The molecule has 0 spiro atoms. The molecule has 6 heteroatoms. The minimum absolute atomic E-state index is 0.0157.